The van der Waals surface area contributed by atoms with Crippen molar-refractivity contribution in [2.24, 2.45) is 11.8 Å². The first kappa shape index (κ1) is 16.9. The first-order chi connectivity index (χ1) is 8.54. The summed E-state index contributed by atoms with van der Waals surface area (Å²) in [5.74, 6) is 0.296. The van der Waals surface area contributed by atoms with Crippen molar-refractivity contribution >= 4 is 11.9 Å². The standard InChI is InChI=1S/C14H26O4/c1-5-12(10-14(16)18-7-3)11(4)8-9-13(15)17-6-2/h11-12H,5-10H2,1-4H3. The van der Waals surface area contributed by atoms with E-state index in [1.807, 2.05) is 6.92 Å². The van der Waals surface area contributed by atoms with E-state index in [4.69, 9.17) is 9.47 Å². The number of esters is 2. The van der Waals surface area contributed by atoms with Gasteiger partial charge in [0.1, 0.15) is 0 Å². The summed E-state index contributed by atoms with van der Waals surface area (Å²) in [5.41, 5.74) is 0. The first-order valence-electron chi connectivity index (χ1n) is 6.86. The zero-order chi connectivity index (χ0) is 14.0. The highest BCUT2D eigenvalue weighted by atomic mass is 16.5. The predicted octanol–water partition coefficient (Wildman–Crippen LogP) is 2.95. The quantitative estimate of drug-likeness (QED) is 0.597. The summed E-state index contributed by atoms with van der Waals surface area (Å²) in [6.45, 7) is 8.59. The SMILES string of the molecule is CCOC(=O)CCC(C)C(CC)CC(=O)OCC. The zero-order valence-corrected chi connectivity index (χ0v) is 12.0. The van der Waals surface area contributed by atoms with Crippen molar-refractivity contribution in [3.05, 3.63) is 0 Å². The molecule has 0 aromatic rings. The largest absolute Gasteiger partial charge is 0.466 e. The fraction of sp³-hybridized carbons (Fsp3) is 0.857. The van der Waals surface area contributed by atoms with Gasteiger partial charge in [0.15, 0.2) is 0 Å². The minimum Gasteiger partial charge on any atom is -0.466 e. The van der Waals surface area contributed by atoms with Crippen LogP contribution < -0.4 is 0 Å². The number of ether oxygens (including phenoxy) is 2. The topological polar surface area (TPSA) is 52.6 Å². The van der Waals surface area contributed by atoms with Gasteiger partial charge in [-0.15, -0.1) is 0 Å². The van der Waals surface area contributed by atoms with E-state index in [9.17, 15) is 9.59 Å². The lowest BCUT2D eigenvalue weighted by Gasteiger charge is -2.21. The Labute approximate surface area is 110 Å². The molecule has 0 saturated heterocycles. The molecule has 2 unspecified atom stereocenters. The Morgan fingerprint density at radius 3 is 2.06 bits per heavy atom. The molecule has 0 fully saturated rings. The summed E-state index contributed by atoms with van der Waals surface area (Å²) in [4.78, 5) is 22.7. The second-order valence-electron chi connectivity index (χ2n) is 4.50. The van der Waals surface area contributed by atoms with Gasteiger partial charge in [0, 0.05) is 12.8 Å². The molecule has 0 aliphatic carbocycles. The van der Waals surface area contributed by atoms with Gasteiger partial charge in [-0.1, -0.05) is 20.3 Å². The van der Waals surface area contributed by atoms with Gasteiger partial charge in [-0.05, 0) is 32.1 Å². The molecule has 0 radical (unpaired) electrons. The summed E-state index contributed by atoms with van der Waals surface area (Å²) in [6.07, 6.45) is 2.54. The van der Waals surface area contributed by atoms with E-state index in [1.54, 1.807) is 6.92 Å². The third kappa shape index (κ3) is 7.30. The third-order valence-corrected chi connectivity index (χ3v) is 3.17. The van der Waals surface area contributed by atoms with Gasteiger partial charge in [0.05, 0.1) is 13.2 Å². The molecule has 18 heavy (non-hydrogen) atoms. The molecule has 4 nitrogen and oxygen atoms in total. The summed E-state index contributed by atoms with van der Waals surface area (Å²) in [6, 6.07) is 0. The molecule has 0 aliphatic heterocycles. The van der Waals surface area contributed by atoms with E-state index in [2.05, 4.69) is 13.8 Å². The van der Waals surface area contributed by atoms with Crippen molar-refractivity contribution < 1.29 is 19.1 Å². The van der Waals surface area contributed by atoms with Gasteiger partial charge in [0.25, 0.3) is 0 Å². The van der Waals surface area contributed by atoms with Crippen LogP contribution in [-0.2, 0) is 19.1 Å². The molecule has 106 valence electrons. The third-order valence-electron chi connectivity index (χ3n) is 3.17. The van der Waals surface area contributed by atoms with Gasteiger partial charge < -0.3 is 9.47 Å². The fourth-order valence-corrected chi connectivity index (χ4v) is 2.00. The average molecular weight is 258 g/mol. The minimum atomic E-state index is -0.157. The maximum absolute atomic E-state index is 11.4. The zero-order valence-electron chi connectivity index (χ0n) is 12.0. The highest BCUT2D eigenvalue weighted by Gasteiger charge is 2.20. The number of carbonyl (C=O) groups excluding carboxylic acids is 2. The Hall–Kier alpha value is -1.06. The van der Waals surface area contributed by atoms with E-state index < -0.39 is 0 Å². The number of hydrogen-bond acceptors (Lipinski definition) is 4. The first-order valence-corrected chi connectivity index (χ1v) is 6.86. The average Bonchev–Trinajstić information content (AvgIpc) is 2.33. The fourth-order valence-electron chi connectivity index (χ4n) is 2.00. The molecule has 0 aromatic carbocycles. The van der Waals surface area contributed by atoms with E-state index in [0.717, 1.165) is 12.8 Å². The Balaban J connectivity index is 4.06. The van der Waals surface area contributed by atoms with Gasteiger partial charge in [0.2, 0.25) is 0 Å². The molecule has 0 aliphatic rings. The predicted molar refractivity (Wildman–Crippen MR) is 70.1 cm³/mol. The van der Waals surface area contributed by atoms with Crippen LogP contribution in [0.4, 0.5) is 0 Å². The molecule has 0 rings (SSSR count). The number of hydrogen-bond donors (Lipinski definition) is 0. The molecular formula is C14H26O4. The highest BCUT2D eigenvalue weighted by Crippen LogP contribution is 2.24. The summed E-state index contributed by atoms with van der Waals surface area (Å²) in [5, 5.41) is 0. The van der Waals surface area contributed by atoms with Crippen LogP contribution in [0.25, 0.3) is 0 Å². The van der Waals surface area contributed by atoms with E-state index >= 15 is 0 Å². The number of rotatable bonds is 9. The monoisotopic (exact) mass is 258 g/mol. The minimum absolute atomic E-state index is 0.146. The van der Waals surface area contributed by atoms with Crippen LogP contribution in [0, 0.1) is 11.8 Å². The van der Waals surface area contributed by atoms with E-state index in [0.29, 0.717) is 32.0 Å². The molecular weight excluding hydrogens is 232 g/mol. The maximum Gasteiger partial charge on any atom is 0.306 e. The molecule has 0 spiro atoms. The highest BCUT2D eigenvalue weighted by molar-refractivity contribution is 5.70. The normalized spacial score (nSPS) is 13.8. The van der Waals surface area contributed by atoms with Crippen molar-refractivity contribution in [1.29, 1.82) is 0 Å². The van der Waals surface area contributed by atoms with Gasteiger partial charge in [-0.2, -0.15) is 0 Å². The molecule has 0 saturated carbocycles. The van der Waals surface area contributed by atoms with E-state index in [-0.39, 0.29) is 17.9 Å². The van der Waals surface area contributed by atoms with Crippen LogP contribution in [0.2, 0.25) is 0 Å². The van der Waals surface area contributed by atoms with Crippen molar-refractivity contribution in [2.75, 3.05) is 13.2 Å². The lowest BCUT2D eigenvalue weighted by Crippen LogP contribution is -2.18. The van der Waals surface area contributed by atoms with E-state index in [1.165, 1.54) is 0 Å². The van der Waals surface area contributed by atoms with Gasteiger partial charge >= 0.3 is 11.9 Å². The van der Waals surface area contributed by atoms with Crippen molar-refractivity contribution in [2.45, 2.75) is 53.4 Å². The molecule has 0 N–H and O–H groups in total. The molecule has 2 atom stereocenters. The molecule has 0 amide bonds. The lowest BCUT2D eigenvalue weighted by molar-refractivity contribution is -0.144. The van der Waals surface area contributed by atoms with Crippen molar-refractivity contribution in [3.8, 4) is 0 Å². The molecule has 0 heterocycles. The second-order valence-corrected chi connectivity index (χ2v) is 4.50. The molecule has 0 bridgehead atoms. The van der Waals surface area contributed by atoms with Crippen LogP contribution in [-0.4, -0.2) is 25.2 Å². The van der Waals surface area contributed by atoms with Crippen LogP contribution >= 0.6 is 0 Å². The smallest absolute Gasteiger partial charge is 0.306 e. The Morgan fingerprint density at radius 2 is 1.56 bits per heavy atom. The van der Waals surface area contributed by atoms with Crippen LogP contribution in [0.1, 0.15) is 53.4 Å². The number of carbonyl (C=O) groups is 2. The van der Waals surface area contributed by atoms with Gasteiger partial charge in [-0.25, -0.2) is 0 Å². The summed E-state index contributed by atoms with van der Waals surface area (Å²) in [7, 11) is 0. The molecule has 0 aromatic heterocycles. The Morgan fingerprint density at radius 1 is 1.00 bits per heavy atom. The van der Waals surface area contributed by atoms with Crippen LogP contribution in [0.3, 0.4) is 0 Å². The molecule has 4 heteroatoms. The summed E-state index contributed by atoms with van der Waals surface area (Å²) < 4.78 is 9.85. The maximum atomic E-state index is 11.4. The van der Waals surface area contributed by atoms with Gasteiger partial charge in [-0.3, -0.25) is 9.59 Å². The van der Waals surface area contributed by atoms with Crippen molar-refractivity contribution in [3.63, 3.8) is 0 Å². The van der Waals surface area contributed by atoms with Crippen molar-refractivity contribution in [1.82, 2.24) is 0 Å². The van der Waals surface area contributed by atoms with Crippen LogP contribution in [0.5, 0.6) is 0 Å². The summed E-state index contributed by atoms with van der Waals surface area (Å²) >= 11 is 0. The second kappa shape index (κ2) is 9.92. The lowest BCUT2D eigenvalue weighted by atomic mass is 9.85. The van der Waals surface area contributed by atoms with Crippen LogP contribution in [0.15, 0.2) is 0 Å². The Kier molecular flexibility index (Phi) is 9.33. The Bertz CT molecular complexity index is 250.